The third-order valence-corrected chi connectivity index (χ3v) is 4.44. The van der Waals surface area contributed by atoms with Gasteiger partial charge in [-0.25, -0.2) is 0 Å². The maximum absolute atomic E-state index is 6.28. The van der Waals surface area contributed by atoms with Crippen LogP contribution in [-0.4, -0.2) is 41.3 Å². The number of anilines is 1. The van der Waals surface area contributed by atoms with E-state index in [4.69, 9.17) is 20.4 Å². The van der Waals surface area contributed by atoms with Crippen LogP contribution in [-0.2, 0) is 6.54 Å². The highest BCUT2D eigenvalue weighted by Crippen LogP contribution is 2.26. The number of furan rings is 1. The van der Waals surface area contributed by atoms with Gasteiger partial charge in [0.25, 0.3) is 5.89 Å². The third kappa shape index (κ3) is 3.16. The van der Waals surface area contributed by atoms with Crippen molar-refractivity contribution >= 4 is 17.3 Å². The average Bonchev–Trinajstić information content (AvgIpc) is 3.27. The molecule has 1 aliphatic rings. The molecule has 24 heavy (non-hydrogen) atoms. The molecule has 1 aliphatic heterocycles. The Morgan fingerprint density at radius 2 is 1.83 bits per heavy atom. The smallest absolute Gasteiger partial charge is 0.283 e. The summed E-state index contributed by atoms with van der Waals surface area (Å²) in [6.45, 7) is 4.32. The zero-order valence-electron chi connectivity index (χ0n) is 13.1. The number of nitrogens with zero attached hydrogens (tertiary/aromatic N) is 4. The predicted molar refractivity (Wildman–Crippen MR) is 90.9 cm³/mol. The lowest BCUT2D eigenvalue weighted by atomic mass is 10.2. The molecule has 0 saturated carbocycles. The van der Waals surface area contributed by atoms with Gasteiger partial charge in [0, 0.05) is 26.2 Å². The van der Waals surface area contributed by atoms with E-state index in [0.29, 0.717) is 24.1 Å². The van der Waals surface area contributed by atoms with E-state index < -0.39 is 0 Å². The SMILES string of the molecule is Clc1ccccc1N1CCN(Cc2nnc(-c3ccco3)o2)CC1. The summed E-state index contributed by atoms with van der Waals surface area (Å²) in [5.41, 5.74) is 1.09. The second-order valence-corrected chi connectivity index (χ2v) is 6.10. The molecule has 1 fully saturated rings. The summed E-state index contributed by atoms with van der Waals surface area (Å²) in [6.07, 6.45) is 1.59. The summed E-state index contributed by atoms with van der Waals surface area (Å²) in [5.74, 6) is 1.62. The summed E-state index contributed by atoms with van der Waals surface area (Å²) in [4.78, 5) is 4.60. The lowest BCUT2D eigenvalue weighted by molar-refractivity contribution is 0.226. The number of benzene rings is 1. The van der Waals surface area contributed by atoms with Crippen LogP contribution in [0.2, 0.25) is 5.02 Å². The molecule has 0 radical (unpaired) electrons. The van der Waals surface area contributed by atoms with E-state index in [0.717, 1.165) is 36.9 Å². The standard InChI is InChI=1S/C17H17ClN4O2/c18-13-4-1-2-5-14(13)22-9-7-21(8-10-22)12-16-19-20-17(24-16)15-6-3-11-23-15/h1-6,11H,7-10,12H2. The molecule has 0 spiro atoms. The number of para-hydroxylation sites is 1. The summed E-state index contributed by atoms with van der Waals surface area (Å²) in [7, 11) is 0. The highest BCUT2D eigenvalue weighted by Gasteiger charge is 2.21. The first-order chi connectivity index (χ1) is 11.8. The Bertz CT molecular complexity index is 795. The van der Waals surface area contributed by atoms with Gasteiger partial charge in [-0.2, -0.15) is 0 Å². The Morgan fingerprint density at radius 1 is 1.00 bits per heavy atom. The van der Waals surface area contributed by atoms with Crippen molar-refractivity contribution in [1.29, 1.82) is 0 Å². The van der Waals surface area contributed by atoms with Crippen LogP contribution >= 0.6 is 11.6 Å². The van der Waals surface area contributed by atoms with Crippen molar-refractivity contribution in [3.8, 4) is 11.7 Å². The van der Waals surface area contributed by atoms with Crippen molar-refractivity contribution in [1.82, 2.24) is 15.1 Å². The van der Waals surface area contributed by atoms with E-state index in [2.05, 4.69) is 26.1 Å². The Morgan fingerprint density at radius 3 is 2.58 bits per heavy atom. The van der Waals surface area contributed by atoms with Crippen LogP contribution in [0.15, 0.2) is 51.5 Å². The van der Waals surface area contributed by atoms with Crippen LogP contribution in [0.25, 0.3) is 11.7 Å². The second kappa shape index (κ2) is 6.67. The van der Waals surface area contributed by atoms with Crippen LogP contribution in [0.3, 0.4) is 0 Å². The maximum atomic E-state index is 6.28. The van der Waals surface area contributed by atoms with Crippen LogP contribution in [0.5, 0.6) is 0 Å². The van der Waals surface area contributed by atoms with E-state index in [9.17, 15) is 0 Å². The molecular weight excluding hydrogens is 328 g/mol. The largest absolute Gasteiger partial charge is 0.459 e. The number of rotatable bonds is 4. The van der Waals surface area contributed by atoms with Crippen molar-refractivity contribution in [2.75, 3.05) is 31.1 Å². The zero-order valence-corrected chi connectivity index (χ0v) is 13.8. The number of piperazine rings is 1. The third-order valence-electron chi connectivity index (χ3n) is 4.12. The molecule has 2 aromatic heterocycles. The van der Waals surface area contributed by atoms with Crippen molar-refractivity contribution in [3.05, 3.63) is 53.6 Å². The van der Waals surface area contributed by atoms with Gasteiger partial charge in [0.05, 0.1) is 23.5 Å². The Hall–Kier alpha value is -2.31. The fourth-order valence-electron chi connectivity index (χ4n) is 2.86. The molecule has 0 N–H and O–H groups in total. The van der Waals surface area contributed by atoms with Gasteiger partial charge in [0.15, 0.2) is 5.76 Å². The van der Waals surface area contributed by atoms with E-state index >= 15 is 0 Å². The number of aromatic nitrogens is 2. The van der Waals surface area contributed by atoms with Gasteiger partial charge in [-0.1, -0.05) is 23.7 Å². The first-order valence-corrected chi connectivity index (χ1v) is 8.25. The highest BCUT2D eigenvalue weighted by atomic mass is 35.5. The molecule has 0 bridgehead atoms. The Labute approximate surface area is 144 Å². The first kappa shape index (κ1) is 15.2. The van der Waals surface area contributed by atoms with Crippen molar-refractivity contribution < 1.29 is 8.83 Å². The summed E-state index contributed by atoms with van der Waals surface area (Å²) >= 11 is 6.28. The molecule has 3 heterocycles. The van der Waals surface area contributed by atoms with Gasteiger partial charge < -0.3 is 13.7 Å². The molecule has 6 nitrogen and oxygen atoms in total. The predicted octanol–water partition coefficient (Wildman–Crippen LogP) is 3.31. The molecule has 0 atom stereocenters. The average molecular weight is 345 g/mol. The van der Waals surface area contributed by atoms with Gasteiger partial charge in [-0.05, 0) is 24.3 Å². The molecule has 0 unspecified atom stereocenters. The summed E-state index contributed by atoms with van der Waals surface area (Å²) < 4.78 is 10.9. The van der Waals surface area contributed by atoms with Crippen molar-refractivity contribution in [2.45, 2.75) is 6.54 Å². The van der Waals surface area contributed by atoms with Crippen molar-refractivity contribution in [3.63, 3.8) is 0 Å². The lowest BCUT2D eigenvalue weighted by Crippen LogP contribution is -2.46. The normalized spacial score (nSPS) is 15.8. The lowest BCUT2D eigenvalue weighted by Gasteiger charge is -2.35. The van der Waals surface area contributed by atoms with Crippen LogP contribution < -0.4 is 4.90 Å². The van der Waals surface area contributed by atoms with Gasteiger partial charge in [0.1, 0.15) is 0 Å². The van der Waals surface area contributed by atoms with E-state index in [1.165, 1.54) is 0 Å². The van der Waals surface area contributed by atoms with E-state index in [1.54, 1.807) is 18.4 Å². The summed E-state index contributed by atoms with van der Waals surface area (Å²) in [6, 6.07) is 11.6. The first-order valence-electron chi connectivity index (χ1n) is 7.88. The van der Waals surface area contributed by atoms with Crippen LogP contribution in [0.4, 0.5) is 5.69 Å². The minimum absolute atomic E-state index is 0.421. The molecule has 1 aromatic carbocycles. The van der Waals surface area contributed by atoms with Crippen molar-refractivity contribution in [2.24, 2.45) is 0 Å². The maximum Gasteiger partial charge on any atom is 0.283 e. The second-order valence-electron chi connectivity index (χ2n) is 5.69. The fraction of sp³-hybridized carbons (Fsp3) is 0.294. The molecular formula is C17H17ClN4O2. The van der Waals surface area contributed by atoms with E-state index in [-0.39, 0.29) is 0 Å². The number of hydrogen-bond acceptors (Lipinski definition) is 6. The van der Waals surface area contributed by atoms with Gasteiger partial charge in [-0.3, -0.25) is 4.90 Å². The number of halogens is 1. The van der Waals surface area contributed by atoms with Gasteiger partial charge >= 0.3 is 0 Å². The Balaban J connectivity index is 1.36. The molecule has 0 amide bonds. The molecule has 3 aromatic rings. The molecule has 124 valence electrons. The highest BCUT2D eigenvalue weighted by molar-refractivity contribution is 6.33. The summed E-state index contributed by atoms with van der Waals surface area (Å²) in [5, 5.41) is 8.94. The monoisotopic (exact) mass is 344 g/mol. The minimum Gasteiger partial charge on any atom is -0.459 e. The molecule has 1 saturated heterocycles. The number of hydrogen-bond donors (Lipinski definition) is 0. The van der Waals surface area contributed by atoms with Crippen LogP contribution in [0, 0.1) is 0 Å². The van der Waals surface area contributed by atoms with E-state index in [1.807, 2.05) is 18.2 Å². The minimum atomic E-state index is 0.421. The Kier molecular flexibility index (Phi) is 4.23. The van der Waals surface area contributed by atoms with Gasteiger partial charge in [-0.15, -0.1) is 10.2 Å². The molecule has 7 heteroatoms. The quantitative estimate of drug-likeness (QED) is 0.723. The molecule has 0 aliphatic carbocycles. The van der Waals surface area contributed by atoms with Crippen LogP contribution in [0.1, 0.15) is 5.89 Å². The zero-order chi connectivity index (χ0) is 16.4. The van der Waals surface area contributed by atoms with Gasteiger partial charge in [0.2, 0.25) is 5.89 Å². The molecule has 4 rings (SSSR count). The fourth-order valence-corrected chi connectivity index (χ4v) is 3.12. The topological polar surface area (TPSA) is 58.5 Å².